The van der Waals surface area contributed by atoms with Gasteiger partial charge in [-0.25, -0.2) is 9.67 Å². The molecule has 0 bridgehead atoms. The van der Waals surface area contributed by atoms with Crippen LogP contribution < -0.4 is 10.5 Å². The number of hydrogen-bond acceptors (Lipinski definition) is 4. The zero-order valence-corrected chi connectivity index (χ0v) is 15.9. The Morgan fingerprint density at radius 3 is 2.35 bits per heavy atom. The molecule has 3 rings (SSSR count). The van der Waals surface area contributed by atoms with E-state index in [9.17, 15) is 0 Å². The van der Waals surface area contributed by atoms with Crippen LogP contribution in [0.15, 0.2) is 48.5 Å². The summed E-state index contributed by atoms with van der Waals surface area (Å²) < 4.78 is 7.48. The van der Waals surface area contributed by atoms with Gasteiger partial charge in [0.1, 0.15) is 11.6 Å². The molecule has 5 heteroatoms. The zero-order chi connectivity index (χ0) is 18.7. The number of nitrogens with zero attached hydrogens (tertiary/aromatic N) is 3. The minimum Gasteiger partial charge on any atom is -0.496 e. The van der Waals surface area contributed by atoms with Gasteiger partial charge in [-0.15, -0.1) is 0 Å². The second kappa shape index (κ2) is 7.20. The summed E-state index contributed by atoms with van der Waals surface area (Å²) in [6.45, 7) is 6.42. The highest BCUT2D eigenvalue weighted by Gasteiger charge is 2.21. The Hall–Kier alpha value is -2.82. The summed E-state index contributed by atoms with van der Waals surface area (Å²) >= 11 is 0. The van der Waals surface area contributed by atoms with E-state index < -0.39 is 0 Å². The molecule has 1 aromatic heterocycles. The van der Waals surface area contributed by atoms with Crippen LogP contribution in [0.25, 0.3) is 0 Å². The molecule has 3 aromatic rings. The van der Waals surface area contributed by atoms with Gasteiger partial charge in [0.2, 0.25) is 0 Å². The molecule has 5 nitrogen and oxygen atoms in total. The quantitative estimate of drug-likeness (QED) is 0.711. The number of ether oxygens (including phenoxy) is 1. The molecule has 1 heterocycles. The average molecular weight is 350 g/mol. The first-order chi connectivity index (χ1) is 12.4. The predicted molar refractivity (Wildman–Crippen MR) is 104 cm³/mol. The molecule has 0 amide bonds. The van der Waals surface area contributed by atoms with Gasteiger partial charge < -0.3 is 10.5 Å². The Kier molecular flexibility index (Phi) is 4.98. The molecular formula is C21H26N4O. The van der Waals surface area contributed by atoms with Crippen molar-refractivity contribution in [2.45, 2.75) is 39.2 Å². The first-order valence-electron chi connectivity index (χ1n) is 8.78. The molecule has 0 spiro atoms. The lowest BCUT2D eigenvalue weighted by atomic mass is 10.1. The third-order valence-corrected chi connectivity index (χ3v) is 4.24. The number of benzene rings is 2. The largest absolute Gasteiger partial charge is 0.496 e. The molecule has 0 fully saturated rings. The van der Waals surface area contributed by atoms with E-state index in [1.54, 1.807) is 7.11 Å². The van der Waals surface area contributed by atoms with Crippen LogP contribution in [0.1, 0.15) is 43.5 Å². The normalized spacial score (nSPS) is 11.5. The Morgan fingerprint density at radius 2 is 1.69 bits per heavy atom. The maximum absolute atomic E-state index is 5.79. The van der Waals surface area contributed by atoms with Crippen LogP contribution in [0, 0.1) is 0 Å². The lowest BCUT2D eigenvalue weighted by Gasteiger charge is -2.21. The van der Waals surface area contributed by atoms with Crippen molar-refractivity contribution >= 4 is 5.69 Å². The molecule has 26 heavy (non-hydrogen) atoms. The molecule has 0 unspecified atom stereocenters. The van der Waals surface area contributed by atoms with E-state index in [1.807, 2.05) is 47.1 Å². The van der Waals surface area contributed by atoms with E-state index in [4.69, 9.17) is 20.6 Å². The van der Waals surface area contributed by atoms with Crippen molar-refractivity contribution in [3.05, 3.63) is 71.3 Å². The smallest absolute Gasteiger partial charge is 0.155 e. The van der Waals surface area contributed by atoms with Gasteiger partial charge in [-0.3, -0.25) is 0 Å². The van der Waals surface area contributed by atoms with E-state index in [0.717, 1.165) is 35.1 Å². The summed E-state index contributed by atoms with van der Waals surface area (Å²) in [5, 5.41) is 4.79. The van der Waals surface area contributed by atoms with Gasteiger partial charge in [-0.05, 0) is 44.5 Å². The van der Waals surface area contributed by atoms with Crippen molar-refractivity contribution in [3.8, 4) is 5.75 Å². The molecular weight excluding hydrogens is 324 g/mol. The first-order valence-corrected chi connectivity index (χ1v) is 8.78. The first kappa shape index (κ1) is 18.0. The van der Waals surface area contributed by atoms with E-state index in [0.29, 0.717) is 6.42 Å². The van der Waals surface area contributed by atoms with Crippen molar-refractivity contribution in [3.63, 3.8) is 0 Å². The third kappa shape index (κ3) is 4.04. The highest BCUT2D eigenvalue weighted by Crippen LogP contribution is 2.23. The molecule has 0 atom stereocenters. The number of anilines is 1. The summed E-state index contributed by atoms with van der Waals surface area (Å²) in [6, 6.07) is 15.9. The van der Waals surface area contributed by atoms with E-state index in [2.05, 4.69) is 26.8 Å². The summed E-state index contributed by atoms with van der Waals surface area (Å²) in [5.74, 6) is 2.61. The van der Waals surface area contributed by atoms with Gasteiger partial charge in [0, 0.05) is 24.1 Å². The number of nitrogen functional groups attached to an aromatic ring is 1. The van der Waals surface area contributed by atoms with E-state index >= 15 is 0 Å². The number of para-hydroxylation sites is 1. The lowest BCUT2D eigenvalue weighted by Crippen LogP contribution is -2.25. The highest BCUT2D eigenvalue weighted by molar-refractivity contribution is 5.40. The van der Waals surface area contributed by atoms with Gasteiger partial charge in [-0.2, -0.15) is 5.10 Å². The molecule has 136 valence electrons. The second-order valence-electron chi connectivity index (χ2n) is 7.43. The summed E-state index contributed by atoms with van der Waals surface area (Å²) in [4.78, 5) is 4.83. The van der Waals surface area contributed by atoms with Crippen LogP contribution in [-0.4, -0.2) is 21.9 Å². The molecule has 0 aliphatic carbocycles. The number of methoxy groups -OCH3 is 1. The number of rotatable bonds is 5. The number of hydrogen-bond donors (Lipinski definition) is 1. The number of nitrogens with two attached hydrogens (primary N) is 1. The van der Waals surface area contributed by atoms with Crippen LogP contribution in [0.2, 0.25) is 0 Å². The lowest BCUT2D eigenvalue weighted by molar-refractivity contribution is 0.342. The number of aromatic nitrogens is 3. The van der Waals surface area contributed by atoms with Gasteiger partial charge in [0.05, 0.1) is 12.6 Å². The van der Waals surface area contributed by atoms with Crippen molar-refractivity contribution in [2.75, 3.05) is 12.8 Å². The average Bonchev–Trinajstić information content (AvgIpc) is 3.00. The summed E-state index contributed by atoms with van der Waals surface area (Å²) in [6.07, 6.45) is 1.36. The molecule has 2 aromatic carbocycles. The maximum Gasteiger partial charge on any atom is 0.155 e. The molecule has 0 radical (unpaired) electrons. The monoisotopic (exact) mass is 350 g/mol. The topological polar surface area (TPSA) is 66.0 Å². The molecule has 0 aliphatic heterocycles. The van der Waals surface area contributed by atoms with Crippen LogP contribution >= 0.6 is 0 Å². The zero-order valence-electron chi connectivity index (χ0n) is 15.9. The second-order valence-corrected chi connectivity index (χ2v) is 7.43. The van der Waals surface area contributed by atoms with Crippen molar-refractivity contribution in [2.24, 2.45) is 0 Å². The molecule has 0 aliphatic rings. The fourth-order valence-corrected chi connectivity index (χ4v) is 2.96. The van der Waals surface area contributed by atoms with Crippen molar-refractivity contribution < 1.29 is 4.74 Å². The Balaban J connectivity index is 1.93. The van der Waals surface area contributed by atoms with E-state index in [1.165, 1.54) is 5.56 Å². The standard InChI is InChI=1S/C21H26N4O/c1-21(2,3)25-20(13-15-9-11-17(22)12-10-15)23-19(24-25)14-16-7-5-6-8-18(16)26-4/h5-12H,13-14,22H2,1-4H3. The minimum atomic E-state index is -0.144. The van der Waals surface area contributed by atoms with Crippen molar-refractivity contribution in [1.29, 1.82) is 0 Å². The Labute approximate surface area is 154 Å². The Bertz CT molecular complexity index is 876. The minimum absolute atomic E-state index is 0.144. The van der Waals surface area contributed by atoms with Crippen LogP contribution in [0.4, 0.5) is 5.69 Å². The maximum atomic E-state index is 5.79. The summed E-state index contributed by atoms with van der Waals surface area (Å²) in [5.41, 5.74) is 8.67. The van der Waals surface area contributed by atoms with Crippen molar-refractivity contribution in [1.82, 2.24) is 14.8 Å². The third-order valence-electron chi connectivity index (χ3n) is 4.24. The van der Waals surface area contributed by atoms with Gasteiger partial charge in [0.25, 0.3) is 0 Å². The predicted octanol–water partition coefficient (Wildman–Crippen LogP) is 3.81. The van der Waals surface area contributed by atoms with Gasteiger partial charge in [0.15, 0.2) is 5.82 Å². The van der Waals surface area contributed by atoms with Crippen LogP contribution in [0.3, 0.4) is 0 Å². The van der Waals surface area contributed by atoms with Crippen LogP contribution in [-0.2, 0) is 18.4 Å². The fourth-order valence-electron chi connectivity index (χ4n) is 2.96. The highest BCUT2D eigenvalue weighted by atomic mass is 16.5. The van der Waals surface area contributed by atoms with Gasteiger partial charge >= 0.3 is 0 Å². The molecule has 0 saturated heterocycles. The van der Waals surface area contributed by atoms with E-state index in [-0.39, 0.29) is 5.54 Å². The van der Waals surface area contributed by atoms with Crippen LogP contribution in [0.5, 0.6) is 5.75 Å². The Morgan fingerprint density at radius 1 is 1.00 bits per heavy atom. The fraction of sp³-hybridized carbons (Fsp3) is 0.333. The molecule has 0 saturated carbocycles. The van der Waals surface area contributed by atoms with Gasteiger partial charge in [-0.1, -0.05) is 30.3 Å². The summed E-state index contributed by atoms with van der Waals surface area (Å²) in [7, 11) is 1.69. The SMILES string of the molecule is COc1ccccc1Cc1nc(Cc2ccc(N)cc2)n(C(C)(C)C)n1. The molecule has 2 N–H and O–H groups in total.